The van der Waals surface area contributed by atoms with Crippen molar-refractivity contribution in [1.82, 2.24) is 19.8 Å². The van der Waals surface area contributed by atoms with E-state index in [1.54, 1.807) is 78.1 Å². The minimum atomic E-state index is -1.03. The predicted octanol–water partition coefficient (Wildman–Crippen LogP) is 3.89. The Bertz CT molecular complexity index is 2020. The second kappa shape index (κ2) is 16.2. The van der Waals surface area contributed by atoms with Crippen LogP contribution in [0, 0.1) is 5.92 Å². The fraction of sp³-hybridized carbons (Fsp3) is 0.351. The van der Waals surface area contributed by atoms with E-state index in [9.17, 15) is 28.8 Å². The summed E-state index contributed by atoms with van der Waals surface area (Å²) in [4.78, 5) is 77.0. The van der Waals surface area contributed by atoms with Crippen molar-refractivity contribution >= 4 is 34.8 Å². The molecular formula is C37H42N4O10. The minimum Gasteiger partial charge on any atom is -0.497 e. The van der Waals surface area contributed by atoms with Gasteiger partial charge in [-0.1, -0.05) is 38.1 Å². The van der Waals surface area contributed by atoms with Crippen LogP contribution in [0.25, 0.3) is 10.9 Å². The van der Waals surface area contributed by atoms with Crippen LogP contribution in [-0.4, -0.2) is 58.6 Å². The molecule has 51 heavy (non-hydrogen) atoms. The van der Waals surface area contributed by atoms with Gasteiger partial charge in [-0.3, -0.25) is 18.7 Å². The number of nitrogens with zero attached hydrogens (tertiary/aromatic N) is 2. The Morgan fingerprint density at radius 3 is 2.08 bits per heavy atom. The number of hydrogen-bond acceptors (Lipinski definition) is 10. The zero-order valence-corrected chi connectivity index (χ0v) is 29.6. The summed E-state index contributed by atoms with van der Waals surface area (Å²) in [6.07, 6.45) is -0.784. The lowest BCUT2D eigenvalue weighted by Crippen LogP contribution is -2.47. The number of hydrogen-bond donors (Lipinski definition) is 2. The number of aryl methyl sites for hydroxylation is 1. The van der Waals surface area contributed by atoms with Crippen molar-refractivity contribution in [2.24, 2.45) is 13.0 Å². The van der Waals surface area contributed by atoms with Crippen molar-refractivity contribution in [2.75, 3.05) is 13.9 Å². The Morgan fingerprint density at radius 2 is 1.47 bits per heavy atom. The molecule has 4 rings (SSSR count). The summed E-state index contributed by atoms with van der Waals surface area (Å²) in [7, 11) is 3.10. The van der Waals surface area contributed by atoms with E-state index >= 15 is 0 Å². The van der Waals surface area contributed by atoms with Crippen LogP contribution in [0.3, 0.4) is 0 Å². The van der Waals surface area contributed by atoms with E-state index in [1.807, 2.05) is 12.1 Å². The summed E-state index contributed by atoms with van der Waals surface area (Å²) in [5.74, 6) is -1.61. The van der Waals surface area contributed by atoms with Crippen LogP contribution in [0.1, 0.15) is 66.5 Å². The number of aromatic nitrogens is 2. The maximum Gasteiger partial charge on any atom is 0.408 e. The number of amides is 2. The van der Waals surface area contributed by atoms with Gasteiger partial charge in [0.05, 0.1) is 30.1 Å². The molecule has 270 valence electrons. The fourth-order valence-electron chi connectivity index (χ4n) is 5.00. The molecule has 2 N–H and O–H groups in total. The highest BCUT2D eigenvalue weighted by Gasteiger charge is 2.28. The van der Waals surface area contributed by atoms with E-state index in [0.29, 0.717) is 16.8 Å². The molecule has 4 aromatic rings. The first kappa shape index (κ1) is 37.9. The second-order valence-electron chi connectivity index (χ2n) is 13.1. The Balaban J connectivity index is 1.40. The number of methoxy groups -OCH3 is 1. The molecule has 0 saturated heterocycles. The van der Waals surface area contributed by atoms with Gasteiger partial charge in [-0.25, -0.2) is 19.2 Å². The number of alkyl carbamates (subject to hydrolysis) is 1. The molecule has 1 aromatic heterocycles. The number of ether oxygens (including phenoxy) is 4. The lowest BCUT2D eigenvalue weighted by Gasteiger charge is -2.24. The first-order chi connectivity index (χ1) is 24.1. The number of carbonyl (C=O) groups is 4. The molecular weight excluding hydrogens is 660 g/mol. The largest absolute Gasteiger partial charge is 0.497 e. The molecule has 1 atom stereocenters. The summed E-state index contributed by atoms with van der Waals surface area (Å²) in [5.41, 5.74) is 0.257. The number of rotatable bonds is 12. The molecule has 0 fully saturated rings. The molecule has 0 aliphatic carbocycles. The molecule has 1 heterocycles. The highest BCUT2D eigenvalue weighted by atomic mass is 16.7. The predicted molar refractivity (Wildman–Crippen MR) is 188 cm³/mol. The topological polar surface area (TPSA) is 173 Å². The molecule has 2 amide bonds. The molecule has 0 aliphatic rings. The molecule has 0 aliphatic heterocycles. The minimum absolute atomic E-state index is 0.108. The lowest BCUT2D eigenvalue weighted by atomic mass is 10.1. The smallest absolute Gasteiger partial charge is 0.408 e. The van der Waals surface area contributed by atoms with Gasteiger partial charge >= 0.3 is 23.7 Å². The number of fused-ring (bicyclic) bond motifs is 1. The second-order valence-corrected chi connectivity index (χ2v) is 13.1. The van der Waals surface area contributed by atoms with Gasteiger partial charge in [0.25, 0.3) is 11.5 Å². The van der Waals surface area contributed by atoms with Gasteiger partial charge in [0, 0.05) is 19.2 Å². The van der Waals surface area contributed by atoms with Crippen LogP contribution in [0.2, 0.25) is 0 Å². The fourth-order valence-corrected chi connectivity index (χ4v) is 5.00. The maximum absolute atomic E-state index is 13.5. The van der Waals surface area contributed by atoms with Crippen molar-refractivity contribution in [3.63, 3.8) is 0 Å². The lowest BCUT2D eigenvalue weighted by molar-refractivity contribution is -0.155. The van der Waals surface area contributed by atoms with E-state index in [-0.39, 0.29) is 41.4 Å². The Morgan fingerprint density at radius 1 is 0.843 bits per heavy atom. The molecule has 14 nitrogen and oxygen atoms in total. The maximum atomic E-state index is 13.5. The molecule has 3 aromatic carbocycles. The van der Waals surface area contributed by atoms with Crippen LogP contribution in [0.5, 0.6) is 5.75 Å². The number of benzene rings is 3. The van der Waals surface area contributed by atoms with E-state index in [4.69, 9.17) is 18.9 Å². The molecule has 1 unspecified atom stereocenters. The van der Waals surface area contributed by atoms with E-state index < -0.39 is 47.7 Å². The summed E-state index contributed by atoms with van der Waals surface area (Å²) in [6.45, 7) is 7.96. The average Bonchev–Trinajstić information content (AvgIpc) is 3.09. The SMILES string of the molecule is COc1ccc(CNC(=O)c2ccc3c(c2)c(=O)n(Cc2ccc(C(=O)OCOC(=O)C(NC(=O)OC(C)(C)C)C(C)C)cc2)c(=O)n3C)cc1. The number of esters is 2. The number of nitrogens with one attached hydrogen (secondary N) is 2. The third-order valence-electron chi connectivity index (χ3n) is 7.74. The van der Waals surface area contributed by atoms with Gasteiger partial charge < -0.3 is 29.6 Å². The van der Waals surface area contributed by atoms with Crippen molar-refractivity contribution in [1.29, 1.82) is 0 Å². The zero-order valence-electron chi connectivity index (χ0n) is 29.6. The van der Waals surface area contributed by atoms with Crippen molar-refractivity contribution in [3.05, 3.63) is 110 Å². The Kier molecular flexibility index (Phi) is 12.0. The molecule has 0 bridgehead atoms. The normalized spacial score (nSPS) is 11.8. The van der Waals surface area contributed by atoms with Gasteiger partial charge in [-0.15, -0.1) is 0 Å². The highest BCUT2D eigenvalue weighted by molar-refractivity contribution is 5.97. The standard InChI is InChI=1S/C37H42N4O10/c1-22(2)30(39-35(46)51-37(3,4)5)34(45)50-21-49-33(44)25-12-8-24(9-13-25)20-41-32(43)28-18-26(14-17-29(28)40(6)36(41)47)31(42)38-19-23-10-15-27(48-7)16-11-23/h8-18,22,30H,19-21H2,1-7H3,(H,38,42)(H,39,46). The van der Waals surface area contributed by atoms with Crippen LogP contribution < -0.4 is 26.6 Å². The zero-order chi connectivity index (χ0) is 37.5. The van der Waals surface area contributed by atoms with Crippen molar-refractivity contribution in [3.8, 4) is 5.75 Å². The molecule has 14 heteroatoms. The summed E-state index contributed by atoms with van der Waals surface area (Å²) in [6, 6.07) is 16.8. The quantitative estimate of drug-likeness (QED) is 0.163. The monoisotopic (exact) mass is 702 g/mol. The van der Waals surface area contributed by atoms with Crippen LogP contribution >= 0.6 is 0 Å². The summed E-state index contributed by atoms with van der Waals surface area (Å²) in [5, 5.41) is 5.48. The Labute approximate surface area is 294 Å². The molecule has 0 saturated carbocycles. The van der Waals surface area contributed by atoms with E-state index in [2.05, 4.69) is 10.6 Å². The van der Waals surface area contributed by atoms with E-state index in [1.165, 1.54) is 29.8 Å². The third kappa shape index (κ3) is 9.84. The summed E-state index contributed by atoms with van der Waals surface area (Å²) >= 11 is 0. The van der Waals surface area contributed by atoms with Gasteiger partial charge in [0.1, 0.15) is 17.4 Å². The van der Waals surface area contributed by atoms with Gasteiger partial charge in [0.2, 0.25) is 6.79 Å². The van der Waals surface area contributed by atoms with Crippen LogP contribution in [0.15, 0.2) is 76.3 Å². The first-order valence-corrected chi connectivity index (χ1v) is 16.1. The molecule has 0 radical (unpaired) electrons. The average molecular weight is 703 g/mol. The first-order valence-electron chi connectivity index (χ1n) is 16.1. The van der Waals surface area contributed by atoms with Crippen molar-refractivity contribution in [2.45, 2.75) is 59.4 Å². The van der Waals surface area contributed by atoms with Gasteiger partial charge in [-0.05, 0) is 80.3 Å². The molecule has 0 spiro atoms. The number of carbonyl (C=O) groups excluding carboxylic acids is 4. The summed E-state index contributed by atoms with van der Waals surface area (Å²) < 4.78 is 22.9. The van der Waals surface area contributed by atoms with Crippen molar-refractivity contribution < 1.29 is 38.1 Å². The Hall–Kier alpha value is -5.92. The van der Waals surface area contributed by atoms with Crippen LogP contribution in [0.4, 0.5) is 4.79 Å². The third-order valence-corrected chi connectivity index (χ3v) is 7.74. The van der Waals surface area contributed by atoms with Gasteiger partial charge in [-0.2, -0.15) is 0 Å². The van der Waals surface area contributed by atoms with E-state index in [0.717, 1.165) is 10.1 Å². The highest BCUT2D eigenvalue weighted by Crippen LogP contribution is 2.15. The van der Waals surface area contributed by atoms with Gasteiger partial charge in [0.15, 0.2) is 0 Å². The van der Waals surface area contributed by atoms with Crippen LogP contribution in [-0.2, 0) is 39.1 Å².